The average molecular weight is 343 g/mol. The highest BCUT2D eigenvalue weighted by Crippen LogP contribution is 2.32. The van der Waals surface area contributed by atoms with Gasteiger partial charge in [0, 0.05) is 23.1 Å². The summed E-state index contributed by atoms with van der Waals surface area (Å²) >= 11 is 0. The number of nitrogens with one attached hydrogen (secondary N) is 1. The van der Waals surface area contributed by atoms with Crippen molar-refractivity contribution in [1.82, 2.24) is 0 Å². The lowest BCUT2D eigenvalue weighted by Gasteiger charge is -2.30. The molecule has 0 spiro atoms. The second kappa shape index (κ2) is 8.34. The zero-order valence-electron chi connectivity index (χ0n) is 15.9. The lowest BCUT2D eigenvalue weighted by atomic mass is 9.92. The topological polar surface area (TPSA) is 47.6 Å². The molecule has 0 aliphatic rings. The molecule has 1 N–H and O–H groups in total. The van der Waals surface area contributed by atoms with Gasteiger partial charge in [-0.1, -0.05) is 45.0 Å². The van der Waals surface area contributed by atoms with E-state index in [0.29, 0.717) is 18.9 Å². The number of methoxy groups -OCH3 is 1. The van der Waals surface area contributed by atoms with Gasteiger partial charge in [0.25, 0.3) is 5.91 Å². The highest BCUT2D eigenvalue weighted by atomic mass is 16.5. The Balaban J connectivity index is 2.33. The summed E-state index contributed by atoms with van der Waals surface area (Å²) in [5.41, 5.74) is -0.0675. The summed E-state index contributed by atoms with van der Waals surface area (Å²) in [4.78, 5) is 13.0. The van der Waals surface area contributed by atoms with E-state index in [1.807, 2.05) is 50.2 Å². The summed E-state index contributed by atoms with van der Waals surface area (Å²) < 4.78 is 11.4. The monoisotopic (exact) mass is 343 g/mol. The minimum Gasteiger partial charge on any atom is -0.496 e. The molecule has 0 fully saturated rings. The largest absolute Gasteiger partial charge is 0.496 e. The van der Waals surface area contributed by atoms with Crippen LogP contribution in [-0.2, 0) is 9.53 Å². The fraction of sp³-hybridized carbons (Fsp3) is 0.476. The van der Waals surface area contributed by atoms with Gasteiger partial charge in [-0.15, -0.1) is 0 Å². The first-order valence-corrected chi connectivity index (χ1v) is 8.92. The molecule has 0 radical (unpaired) electrons. The second-order valence-corrected chi connectivity index (χ2v) is 6.99. The van der Waals surface area contributed by atoms with E-state index in [1.165, 1.54) is 0 Å². The van der Waals surface area contributed by atoms with Gasteiger partial charge in [-0.2, -0.15) is 0 Å². The summed E-state index contributed by atoms with van der Waals surface area (Å²) in [6, 6.07) is 11.7. The molecular formula is C21H29NO3. The third kappa shape index (κ3) is 4.51. The molecule has 2 rings (SSSR count). The molecule has 0 heterocycles. The van der Waals surface area contributed by atoms with Crippen molar-refractivity contribution < 1.29 is 14.3 Å². The molecule has 4 heteroatoms. The lowest BCUT2D eigenvalue weighted by molar-refractivity contribution is -0.141. The Bertz CT molecular complexity index is 726. The molecule has 1 unspecified atom stereocenters. The maximum atomic E-state index is 13.0. The minimum absolute atomic E-state index is 0.107. The summed E-state index contributed by atoms with van der Waals surface area (Å²) in [5, 5.41) is 5.00. The van der Waals surface area contributed by atoms with Gasteiger partial charge >= 0.3 is 0 Å². The molecular weight excluding hydrogens is 314 g/mol. The fourth-order valence-corrected chi connectivity index (χ4v) is 3.14. The molecule has 0 aliphatic carbocycles. The molecule has 0 saturated heterocycles. The van der Waals surface area contributed by atoms with Gasteiger partial charge in [0.1, 0.15) is 11.4 Å². The van der Waals surface area contributed by atoms with E-state index < -0.39 is 5.60 Å². The Morgan fingerprint density at radius 3 is 2.44 bits per heavy atom. The number of carbonyl (C=O) groups excluding carboxylic acids is 1. The van der Waals surface area contributed by atoms with Crippen LogP contribution in [0.4, 0.5) is 5.69 Å². The van der Waals surface area contributed by atoms with E-state index in [0.717, 1.165) is 28.6 Å². The Labute approximate surface area is 150 Å². The second-order valence-electron chi connectivity index (χ2n) is 6.99. The highest BCUT2D eigenvalue weighted by molar-refractivity contribution is 6.06. The maximum Gasteiger partial charge on any atom is 0.256 e. The molecule has 1 amide bonds. The maximum absolute atomic E-state index is 13.0. The first-order valence-electron chi connectivity index (χ1n) is 8.92. The molecule has 0 bridgehead atoms. The van der Waals surface area contributed by atoms with Gasteiger partial charge < -0.3 is 14.8 Å². The van der Waals surface area contributed by atoms with Crippen molar-refractivity contribution in [3.8, 4) is 5.75 Å². The molecule has 0 aromatic heterocycles. The van der Waals surface area contributed by atoms with Gasteiger partial charge in [-0.3, -0.25) is 4.79 Å². The first-order chi connectivity index (χ1) is 11.9. The van der Waals surface area contributed by atoms with Crippen LogP contribution in [0.2, 0.25) is 0 Å². The van der Waals surface area contributed by atoms with Crippen LogP contribution >= 0.6 is 0 Å². The standard InChI is InChI=1S/C21H29NO3/c1-6-13-25-21(4,14-15(2)3)20(23)22-18-11-12-19(24-5)17-10-8-7-9-16(17)18/h7-12,15H,6,13-14H2,1-5H3,(H,22,23). The lowest BCUT2D eigenvalue weighted by Crippen LogP contribution is -2.44. The van der Waals surface area contributed by atoms with E-state index in [9.17, 15) is 4.79 Å². The van der Waals surface area contributed by atoms with Crippen molar-refractivity contribution in [3.63, 3.8) is 0 Å². The molecule has 2 aromatic rings. The SMILES string of the molecule is CCCOC(C)(CC(C)C)C(=O)Nc1ccc(OC)c2ccccc12. The Kier molecular flexibility index (Phi) is 6.43. The highest BCUT2D eigenvalue weighted by Gasteiger charge is 2.35. The van der Waals surface area contributed by atoms with Gasteiger partial charge in [-0.05, 0) is 37.8 Å². The number of hydrogen-bond donors (Lipinski definition) is 1. The zero-order chi connectivity index (χ0) is 18.4. The van der Waals surface area contributed by atoms with Gasteiger partial charge in [-0.25, -0.2) is 0 Å². The van der Waals surface area contributed by atoms with Crippen molar-refractivity contribution in [2.24, 2.45) is 5.92 Å². The van der Waals surface area contributed by atoms with Crippen LogP contribution in [0.1, 0.15) is 40.5 Å². The van der Waals surface area contributed by atoms with Crippen LogP contribution in [0, 0.1) is 5.92 Å². The predicted molar refractivity (Wildman–Crippen MR) is 103 cm³/mol. The van der Waals surface area contributed by atoms with Crippen LogP contribution in [0.3, 0.4) is 0 Å². The van der Waals surface area contributed by atoms with Gasteiger partial charge in [0.2, 0.25) is 0 Å². The summed E-state index contributed by atoms with van der Waals surface area (Å²) in [6.45, 7) is 8.70. The fourth-order valence-electron chi connectivity index (χ4n) is 3.14. The van der Waals surface area contributed by atoms with E-state index in [4.69, 9.17) is 9.47 Å². The normalized spacial score (nSPS) is 13.7. The van der Waals surface area contributed by atoms with Crippen LogP contribution in [0.15, 0.2) is 36.4 Å². The van der Waals surface area contributed by atoms with Crippen LogP contribution in [-0.4, -0.2) is 25.2 Å². The molecule has 1 atom stereocenters. The summed E-state index contributed by atoms with van der Waals surface area (Å²) in [5.74, 6) is 1.05. The summed E-state index contributed by atoms with van der Waals surface area (Å²) in [7, 11) is 1.65. The van der Waals surface area contributed by atoms with Crippen molar-refractivity contribution >= 4 is 22.4 Å². The molecule has 2 aromatic carbocycles. The minimum atomic E-state index is -0.842. The van der Waals surface area contributed by atoms with E-state index in [2.05, 4.69) is 19.2 Å². The molecule has 0 saturated carbocycles. The Hall–Kier alpha value is -2.07. The van der Waals surface area contributed by atoms with E-state index in [1.54, 1.807) is 7.11 Å². The number of benzene rings is 2. The predicted octanol–water partition coefficient (Wildman–Crippen LogP) is 5.02. The number of hydrogen-bond acceptors (Lipinski definition) is 3. The zero-order valence-corrected chi connectivity index (χ0v) is 15.9. The van der Waals surface area contributed by atoms with Crippen LogP contribution in [0.5, 0.6) is 5.75 Å². The quantitative estimate of drug-likeness (QED) is 0.732. The molecule has 25 heavy (non-hydrogen) atoms. The first kappa shape index (κ1) is 19.3. The van der Waals surface area contributed by atoms with Gasteiger partial charge in [0.05, 0.1) is 7.11 Å². The molecule has 0 aliphatic heterocycles. The number of ether oxygens (including phenoxy) is 2. The third-order valence-corrected chi connectivity index (χ3v) is 4.26. The van der Waals surface area contributed by atoms with Crippen molar-refractivity contribution in [2.75, 3.05) is 19.0 Å². The molecule has 4 nitrogen and oxygen atoms in total. The van der Waals surface area contributed by atoms with Crippen molar-refractivity contribution in [1.29, 1.82) is 0 Å². The van der Waals surface area contributed by atoms with E-state index in [-0.39, 0.29) is 5.91 Å². The number of fused-ring (bicyclic) bond motifs is 1. The smallest absolute Gasteiger partial charge is 0.256 e. The summed E-state index contributed by atoms with van der Waals surface area (Å²) in [6.07, 6.45) is 1.55. The van der Waals surface area contributed by atoms with Crippen molar-refractivity contribution in [3.05, 3.63) is 36.4 Å². The average Bonchev–Trinajstić information content (AvgIpc) is 2.59. The molecule has 136 valence electrons. The Morgan fingerprint density at radius 1 is 1.16 bits per heavy atom. The van der Waals surface area contributed by atoms with Crippen LogP contribution < -0.4 is 10.1 Å². The third-order valence-electron chi connectivity index (χ3n) is 4.26. The number of anilines is 1. The van der Waals surface area contributed by atoms with E-state index >= 15 is 0 Å². The number of rotatable bonds is 8. The van der Waals surface area contributed by atoms with Crippen molar-refractivity contribution in [2.45, 2.75) is 46.1 Å². The Morgan fingerprint density at radius 2 is 1.84 bits per heavy atom. The van der Waals surface area contributed by atoms with Crippen LogP contribution in [0.25, 0.3) is 10.8 Å². The van der Waals surface area contributed by atoms with Gasteiger partial charge in [0.15, 0.2) is 0 Å². The number of carbonyl (C=O) groups is 1. The number of amides is 1.